The van der Waals surface area contributed by atoms with Gasteiger partial charge in [-0.15, -0.1) is 11.6 Å². The van der Waals surface area contributed by atoms with Crippen molar-refractivity contribution in [2.45, 2.75) is 25.6 Å². The highest BCUT2D eigenvalue weighted by atomic mass is 35.5. The molecule has 1 unspecified atom stereocenters. The highest BCUT2D eigenvalue weighted by Gasteiger charge is 2.14. The fourth-order valence-electron chi connectivity index (χ4n) is 1.70. The molecule has 0 saturated carbocycles. The van der Waals surface area contributed by atoms with Gasteiger partial charge in [-0.05, 0) is 13.3 Å². The van der Waals surface area contributed by atoms with Crippen molar-refractivity contribution < 1.29 is 0 Å². The van der Waals surface area contributed by atoms with E-state index in [0.29, 0.717) is 0 Å². The summed E-state index contributed by atoms with van der Waals surface area (Å²) in [5, 5.41) is -0.00582. The molecule has 0 bridgehead atoms. The summed E-state index contributed by atoms with van der Waals surface area (Å²) in [6.45, 7) is 4.08. The molecule has 3 heteroatoms. The predicted octanol–water partition coefficient (Wildman–Crippen LogP) is 4.08. The van der Waals surface area contributed by atoms with Crippen LogP contribution in [0.2, 0.25) is 0 Å². The summed E-state index contributed by atoms with van der Waals surface area (Å²) in [5.41, 5.74) is 3.11. The molecule has 0 aliphatic carbocycles. The maximum atomic E-state index is 6.21. The van der Waals surface area contributed by atoms with E-state index in [0.717, 1.165) is 29.2 Å². The van der Waals surface area contributed by atoms with Gasteiger partial charge in [0.05, 0.1) is 11.1 Å². The number of rotatable bonds is 3. The van der Waals surface area contributed by atoms with Crippen LogP contribution in [-0.4, -0.2) is 9.97 Å². The molecule has 2 rings (SSSR count). The molecule has 0 spiro atoms. The summed E-state index contributed by atoms with van der Waals surface area (Å²) < 4.78 is 0. The van der Waals surface area contributed by atoms with Crippen LogP contribution in [0.3, 0.4) is 0 Å². The van der Waals surface area contributed by atoms with Crippen LogP contribution in [0.5, 0.6) is 0 Å². The Morgan fingerprint density at radius 2 is 2.00 bits per heavy atom. The molecule has 84 valence electrons. The van der Waals surface area contributed by atoms with Crippen molar-refractivity contribution in [3.63, 3.8) is 0 Å². The van der Waals surface area contributed by atoms with E-state index >= 15 is 0 Å². The summed E-state index contributed by atoms with van der Waals surface area (Å²) in [6, 6.07) is 10.1. The van der Waals surface area contributed by atoms with Crippen molar-refractivity contribution in [2.24, 2.45) is 0 Å². The van der Waals surface area contributed by atoms with Gasteiger partial charge in [0.25, 0.3) is 0 Å². The molecule has 1 N–H and O–H groups in total. The second-order valence-electron chi connectivity index (χ2n) is 3.84. The van der Waals surface area contributed by atoms with Gasteiger partial charge in [-0.1, -0.05) is 37.3 Å². The highest BCUT2D eigenvalue weighted by Crippen LogP contribution is 2.27. The molecule has 0 amide bonds. The van der Waals surface area contributed by atoms with Crippen LogP contribution in [0.25, 0.3) is 11.4 Å². The minimum absolute atomic E-state index is 0.00582. The lowest BCUT2D eigenvalue weighted by molar-refractivity contribution is 0.847. The SMILES string of the molecule is CCC(Cl)c1nc(-c2ccccc2)[nH]c1C. The van der Waals surface area contributed by atoms with Gasteiger partial charge in [-0.25, -0.2) is 4.98 Å². The molecular weight excluding hydrogens is 220 g/mol. The van der Waals surface area contributed by atoms with Crippen LogP contribution < -0.4 is 0 Å². The van der Waals surface area contributed by atoms with E-state index in [1.54, 1.807) is 0 Å². The number of alkyl halides is 1. The molecule has 0 radical (unpaired) electrons. The van der Waals surface area contributed by atoms with Crippen molar-refractivity contribution in [1.29, 1.82) is 0 Å². The molecule has 0 fully saturated rings. The van der Waals surface area contributed by atoms with Crippen LogP contribution in [0.1, 0.15) is 30.1 Å². The van der Waals surface area contributed by atoms with Crippen molar-refractivity contribution in [3.05, 3.63) is 41.7 Å². The molecule has 1 atom stereocenters. The Hall–Kier alpha value is -1.28. The zero-order valence-corrected chi connectivity index (χ0v) is 10.3. The third-order valence-corrected chi connectivity index (χ3v) is 3.14. The van der Waals surface area contributed by atoms with Crippen molar-refractivity contribution in [2.75, 3.05) is 0 Å². The van der Waals surface area contributed by atoms with E-state index in [1.165, 1.54) is 0 Å². The Labute approximate surface area is 101 Å². The fraction of sp³-hybridized carbons (Fsp3) is 0.308. The number of halogens is 1. The van der Waals surface area contributed by atoms with Gasteiger partial charge in [0.2, 0.25) is 0 Å². The van der Waals surface area contributed by atoms with Gasteiger partial charge in [-0.2, -0.15) is 0 Å². The van der Waals surface area contributed by atoms with Gasteiger partial charge < -0.3 is 4.98 Å². The van der Waals surface area contributed by atoms with Gasteiger partial charge in [0, 0.05) is 11.3 Å². The van der Waals surface area contributed by atoms with E-state index in [2.05, 4.69) is 16.9 Å². The summed E-state index contributed by atoms with van der Waals surface area (Å²) >= 11 is 6.21. The first-order chi connectivity index (χ1) is 7.72. The largest absolute Gasteiger partial charge is 0.342 e. The molecule has 1 heterocycles. The van der Waals surface area contributed by atoms with E-state index in [9.17, 15) is 0 Å². The monoisotopic (exact) mass is 234 g/mol. The molecule has 0 aliphatic heterocycles. The molecular formula is C13H15ClN2. The minimum Gasteiger partial charge on any atom is -0.342 e. The maximum Gasteiger partial charge on any atom is 0.137 e. The molecule has 2 aromatic rings. The number of H-pyrrole nitrogens is 1. The number of aromatic nitrogens is 2. The van der Waals surface area contributed by atoms with Gasteiger partial charge >= 0.3 is 0 Å². The van der Waals surface area contributed by atoms with Crippen LogP contribution in [0, 0.1) is 6.92 Å². The van der Waals surface area contributed by atoms with Crippen LogP contribution in [-0.2, 0) is 0 Å². The molecule has 0 aliphatic rings. The smallest absolute Gasteiger partial charge is 0.137 e. The van der Waals surface area contributed by atoms with E-state index in [1.807, 2.05) is 37.3 Å². The van der Waals surface area contributed by atoms with Crippen molar-refractivity contribution in [3.8, 4) is 11.4 Å². The average Bonchev–Trinajstić information content (AvgIpc) is 2.71. The lowest BCUT2D eigenvalue weighted by atomic mass is 10.2. The Kier molecular flexibility index (Phi) is 3.30. The number of aromatic amines is 1. The van der Waals surface area contributed by atoms with Crippen LogP contribution in [0.15, 0.2) is 30.3 Å². The van der Waals surface area contributed by atoms with Gasteiger partial charge in [-0.3, -0.25) is 0 Å². The second-order valence-corrected chi connectivity index (χ2v) is 4.36. The summed E-state index contributed by atoms with van der Waals surface area (Å²) in [7, 11) is 0. The average molecular weight is 235 g/mol. The van der Waals surface area contributed by atoms with Crippen LogP contribution in [0.4, 0.5) is 0 Å². The van der Waals surface area contributed by atoms with Crippen molar-refractivity contribution >= 4 is 11.6 Å². The predicted molar refractivity (Wildman–Crippen MR) is 67.6 cm³/mol. The van der Waals surface area contributed by atoms with Gasteiger partial charge in [0.15, 0.2) is 0 Å². The number of aryl methyl sites for hydroxylation is 1. The molecule has 1 aromatic carbocycles. The minimum atomic E-state index is -0.00582. The lowest BCUT2D eigenvalue weighted by Gasteiger charge is -2.02. The number of hydrogen-bond acceptors (Lipinski definition) is 1. The first-order valence-electron chi connectivity index (χ1n) is 5.48. The maximum absolute atomic E-state index is 6.21. The number of imidazole rings is 1. The standard InChI is InChI=1S/C13H15ClN2/c1-3-11(14)12-9(2)15-13(16-12)10-7-5-4-6-8-10/h4-8,11H,3H2,1-2H3,(H,15,16). The summed E-state index contributed by atoms with van der Waals surface area (Å²) in [6.07, 6.45) is 0.890. The number of nitrogens with zero attached hydrogens (tertiary/aromatic N) is 1. The molecule has 16 heavy (non-hydrogen) atoms. The lowest BCUT2D eigenvalue weighted by Crippen LogP contribution is -1.91. The van der Waals surface area contributed by atoms with Crippen LogP contribution >= 0.6 is 11.6 Å². The zero-order chi connectivity index (χ0) is 11.5. The normalized spacial score (nSPS) is 12.7. The highest BCUT2D eigenvalue weighted by molar-refractivity contribution is 6.20. The van der Waals surface area contributed by atoms with Gasteiger partial charge in [0.1, 0.15) is 5.82 Å². The summed E-state index contributed by atoms with van der Waals surface area (Å²) in [4.78, 5) is 7.84. The van der Waals surface area contributed by atoms with Crippen molar-refractivity contribution in [1.82, 2.24) is 9.97 Å². The Bertz CT molecular complexity index is 462. The third kappa shape index (κ3) is 2.12. The van der Waals surface area contributed by atoms with E-state index < -0.39 is 0 Å². The summed E-state index contributed by atoms with van der Waals surface area (Å²) in [5.74, 6) is 0.896. The Balaban J connectivity index is 2.38. The quantitative estimate of drug-likeness (QED) is 0.797. The Morgan fingerprint density at radius 1 is 1.31 bits per heavy atom. The first kappa shape index (κ1) is 11.2. The second kappa shape index (κ2) is 4.71. The first-order valence-corrected chi connectivity index (χ1v) is 5.92. The number of nitrogens with one attached hydrogen (secondary N) is 1. The number of hydrogen-bond donors (Lipinski definition) is 1. The third-order valence-electron chi connectivity index (χ3n) is 2.62. The number of benzene rings is 1. The fourth-order valence-corrected chi connectivity index (χ4v) is 1.92. The zero-order valence-electron chi connectivity index (χ0n) is 9.50. The van der Waals surface area contributed by atoms with E-state index in [-0.39, 0.29) is 5.38 Å². The topological polar surface area (TPSA) is 28.7 Å². The molecule has 2 nitrogen and oxygen atoms in total. The Morgan fingerprint density at radius 3 is 2.62 bits per heavy atom. The molecule has 0 saturated heterocycles. The van der Waals surface area contributed by atoms with E-state index in [4.69, 9.17) is 11.6 Å². The molecule has 1 aromatic heterocycles.